The van der Waals surface area contributed by atoms with Gasteiger partial charge >= 0.3 is 31.3 Å². The normalized spacial score (nSPS) is 12.8. The van der Waals surface area contributed by atoms with E-state index in [1.54, 1.807) is 0 Å². The lowest BCUT2D eigenvalue weighted by Crippen LogP contribution is -2.28. The van der Waals surface area contributed by atoms with Crippen molar-refractivity contribution in [2.45, 2.75) is 11.0 Å². The molecular formula is C24H12F6O8S2. The van der Waals surface area contributed by atoms with Crippen molar-refractivity contribution < 1.29 is 61.1 Å². The molecule has 0 atom stereocenters. The number of aldehydes is 2. The van der Waals surface area contributed by atoms with Crippen molar-refractivity contribution in [1.82, 2.24) is 0 Å². The summed E-state index contributed by atoms with van der Waals surface area (Å²) >= 11 is 0. The van der Waals surface area contributed by atoms with Crippen molar-refractivity contribution in [3.63, 3.8) is 0 Å². The van der Waals surface area contributed by atoms with Crippen molar-refractivity contribution in [2.75, 3.05) is 0 Å². The molecule has 4 rings (SSSR count). The molecule has 0 spiro atoms. The molecule has 16 heteroatoms. The van der Waals surface area contributed by atoms with Crippen molar-refractivity contribution in [3.8, 4) is 22.6 Å². The second kappa shape index (κ2) is 9.78. The molecule has 0 fully saturated rings. The molecule has 0 amide bonds. The Morgan fingerprint density at radius 2 is 0.850 bits per heavy atom. The lowest BCUT2D eigenvalue weighted by Gasteiger charge is -2.19. The van der Waals surface area contributed by atoms with Crippen LogP contribution >= 0.6 is 0 Å². The maximum atomic E-state index is 13.0. The maximum Gasteiger partial charge on any atom is 0.534 e. The zero-order valence-corrected chi connectivity index (χ0v) is 20.9. The Morgan fingerprint density at radius 1 is 0.550 bits per heavy atom. The predicted octanol–water partition coefficient (Wildman–Crippen LogP) is 5.74. The molecule has 0 aliphatic rings. The highest BCUT2D eigenvalue weighted by Gasteiger charge is 2.49. The monoisotopic (exact) mass is 606 g/mol. The first-order chi connectivity index (χ1) is 18.5. The first-order valence-electron chi connectivity index (χ1n) is 10.6. The molecule has 0 aliphatic carbocycles. The molecule has 0 saturated carbocycles. The van der Waals surface area contributed by atoms with Crippen LogP contribution in [0, 0.1) is 0 Å². The molecule has 0 aromatic heterocycles. The molecule has 0 heterocycles. The molecule has 0 saturated heterocycles. The molecule has 40 heavy (non-hydrogen) atoms. The molecule has 4 aromatic rings. The van der Waals surface area contributed by atoms with Crippen LogP contribution in [-0.2, 0) is 20.2 Å². The van der Waals surface area contributed by atoms with Crippen LogP contribution in [0.1, 0.15) is 20.7 Å². The Balaban J connectivity index is 2.10. The zero-order chi connectivity index (χ0) is 29.7. The summed E-state index contributed by atoms with van der Waals surface area (Å²) in [6.45, 7) is 0. The first-order valence-corrected chi connectivity index (χ1v) is 13.4. The van der Waals surface area contributed by atoms with Crippen LogP contribution in [0.2, 0.25) is 0 Å². The van der Waals surface area contributed by atoms with Crippen LogP contribution in [0.15, 0.2) is 60.7 Å². The molecule has 210 valence electrons. The summed E-state index contributed by atoms with van der Waals surface area (Å²) in [5.74, 6) is -1.74. The minimum atomic E-state index is -6.16. The molecule has 8 nitrogen and oxygen atoms in total. The molecule has 0 aliphatic heterocycles. The van der Waals surface area contributed by atoms with Crippen LogP contribution in [0.3, 0.4) is 0 Å². The van der Waals surface area contributed by atoms with E-state index in [2.05, 4.69) is 8.37 Å². The van der Waals surface area contributed by atoms with Gasteiger partial charge in [-0.15, -0.1) is 0 Å². The van der Waals surface area contributed by atoms with E-state index in [1.165, 1.54) is 48.5 Å². The Hall–Kier alpha value is -4.18. The lowest BCUT2D eigenvalue weighted by atomic mass is 9.87. The van der Waals surface area contributed by atoms with E-state index in [-0.39, 0.29) is 45.2 Å². The Labute approximate surface area is 221 Å². The van der Waals surface area contributed by atoms with E-state index >= 15 is 0 Å². The number of hydrogen-bond donors (Lipinski definition) is 0. The predicted molar refractivity (Wildman–Crippen MR) is 129 cm³/mol. The van der Waals surface area contributed by atoms with Crippen LogP contribution in [-0.4, -0.2) is 40.4 Å². The van der Waals surface area contributed by atoms with Gasteiger partial charge in [0.1, 0.15) is 0 Å². The van der Waals surface area contributed by atoms with E-state index in [4.69, 9.17) is 0 Å². The van der Waals surface area contributed by atoms with Gasteiger partial charge in [0.05, 0.1) is 0 Å². The fourth-order valence-corrected chi connectivity index (χ4v) is 4.88. The fraction of sp³-hybridized carbons (Fsp3) is 0.0833. The lowest BCUT2D eigenvalue weighted by molar-refractivity contribution is -0.0504. The van der Waals surface area contributed by atoms with Gasteiger partial charge in [0.2, 0.25) is 0 Å². The Kier molecular flexibility index (Phi) is 7.04. The van der Waals surface area contributed by atoms with Crippen molar-refractivity contribution in [1.29, 1.82) is 0 Å². The van der Waals surface area contributed by atoms with Gasteiger partial charge in [-0.25, -0.2) is 0 Å². The van der Waals surface area contributed by atoms with Gasteiger partial charge in [0.15, 0.2) is 24.1 Å². The summed E-state index contributed by atoms with van der Waals surface area (Å²) < 4.78 is 133. The molecule has 0 radical (unpaired) electrons. The second-order valence-corrected chi connectivity index (χ2v) is 11.0. The Bertz CT molecular complexity index is 1760. The average Bonchev–Trinajstić information content (AvgIpc) is 2.87. The van der Waals surface area contributed by atoms with Crippen LogP contribution in [0.25, 0.3) is 32.7 Å². The third-order valence-electron chi connectivity index (χ3n) is 5.54. The number of benzene rings is 4. The molecule has 0 bridgehead atoms. The maximum absolute atomic E-state index is 13.0. The van der Waals surface area contributed by atoms with Crippen LogP contribution in [0.5, 0.6) is 11.5 Å². The quantitative estimate of drug-likeness (QED) is 0.113. The van der Waals surface area contributed by atoms with Crippen molar-refractivity contribution in [3.05, 3.63) is 71.8 Å². The van der Waals surface area contributed by atoms with Crippen molar-refractivity contribution >= 4 is 54.4 Å². The average molecular weight is 606 g/mol. The van der Waals surface area contributed by atoms with E-state index in [9.17, 15) is 52.8 Å². The smallest absolute Gasteiger partial charge is 0.375 e. The third kappa shape index (κ3) is 4.95. The number of halogens is 6. The summed E-state index contributed by atoms with van der Waals surface area (Å²) in [7, 11) is -12.3. The highest BCUT2D eigenvalue weighted by atomic mass is 32.2. The van der Waals surface area contributed by atoms with Gasteiger partial charge in [-0.2, -0.15) is 43.2 Å². The summed E-state index contributed by atoms with van der Waals surface area (Å²) in [4.78, 5) is 24.2. The highest BCUT2D eigenvalue weighted by molar-refractivity contribution is 7.88. The molecular weight excluding hydrogens is 594 g/mol. The SMILES string of the molecule is O=Cc1cc(OS(=O)(=O)C(F)(F)F)c2ccccc2c1-c1c(C=O)cc(OS(=O)(=O)C(F)(F)F)c2ccccc12. The molecule has 0 unspecified atom stereocenters. The Morgan fingerprint density at radius 3 is 1.12 bits per heavy atom. The summed E-state index contributed by atoms with van der Waals surface area (Å²) in [6.07, 6.45) is 0.271. The topological polar surface area (TPSA) is 121 Å². The van der Waals surface area contributed by atoms with Gasteiger partial charge in [-0.3, -0.25) is 9.59 Å². The largest absolute Gasteiger partial charge is 0.534 e. The van der Waals surface area contributed by atoms with Crippen molar-refractivity contribution in [2.24, 2.45) is 0 Å². The first kappa shape index (κ1) is 28.8. The van der Waals surface area contributed by atoms with Gasteiger partial charge in [-0.1, -0.05) is 48.5 Å². The second-order valence-electron chi connectivity index (χ2n) is 7.97. The van der Waals surface area contributed by atoms with E-state index in [1.807, 2.05) is 0 Å². The van der Waals surface area contributed by atoms with E-state index in [0.717, 1.165) is 0 Å². The number of alkyl halides is 6. The number of rotatable bonds is 7. The molecule has 0 N–H and O–H groups in total. The minimum Gasteiger partial charge on any atom is -0.375 e. The van der Waals surface area contributed by atoms with Crippen LogP contribution in [0.4, 0.5) is 26.3 Å². The number of fused-ring (bicyclic) bond motifs is 2. The van der Waals surface area contributed by atoms with Crippen LogP contribution < -0.4 is 8.37 Å². The summed E-state index contributed by atoms with van der Waals surface area (Å²) in [5, 5.41) is -0.637. The van der Waals surface area contributed by atoms with E-state index in [0.29, 0.717) is 12.1 Å². The minimum absolute atomic E-state index is 0.0793. The third-order valence-corrected chi connectivity index (χ3v) is 7.48. The summed E-state index contributed by atoms with van der Waals surface area (Å²) in [5.41, 5.74) is -12.8. The van der Waals surface area contributed by atoms with Gasteiger partial charge in [0.25, 0.3) is 0 Å². The number of hydrogen-bond acceptors (Lipinski definition) is 8. The fourth-order valence-electron chi connectivity index (χ4n) is 3.94. The number of carbonyl (C=O) groups is 2. The summed E-state index contributed by atoms with van der Waals surface area (Å²) in [6, 6.07) is 11.6. The van der Waals surface area contributed by atoms with E-state index < -0.39 is 53.9 Å². The molecule has 4 aromatic carbocycles. The van der Waals surface area contributed by atoms with Gasteiger partial charge in [0, 0.05) is 33.0 Å². The highest BCUT2D eigenvalue weighted by Crippen LogP contribution is 2.45. The standard InChI is InChI=1S/C24H12F6O8S2/c25-23(26,27)39(33,34)37-19-9-13(11-31)21(17-7-3-1-5-15(17)19)22-14(12-32)10-20(16-6-2-4-8-18(16)22)38-40(35,36)24(28,29)30/h1-12H. The van der Waals surface area contributed by atoms with Gasteiger partial charge in [-0.05, 0) is 22.9 Å². The zero-order valence-electron chi connectivity index (χ0n) is 19.3. The number of carbonyl (C=O) groups excluding carboxylic acids is 2. The van der Waals surface area contributed by atoms with Gasteiger partial charge < -0.3 is 8.37 Å².